The van der Waals surface area contributed by atoms with Crippen LogP contribution in [-0.4, -0.2) is 90.6 Å². The molecule has 2 aromatic carbocycles. The van der Waals surface area contributed by atoms with E-state index < -0.39 is 11.7 Å². The lowest BCUT2D eigenvalue weighted by Crippen LogP contribution is -2.48. The number of fused-ring (bicyclic) bond motifs is 1. The maximum atomic E-state index is 13.6. The van der Waals surface area contributed by atoms with Crippen LogP contribution in [0.3, 0.4) is 0 Å². The van der Waals surface area contributed by atoms with Crippen LogP contribution >= 0.6 is 0 Å². The number of hydrazine groups is 1. The standard InChI is InChI=1S/C33H46N6O5/c1-7-36(32(43)44-33(3,4)5)18-16-34-29(40)22-37(28-15-14-27(19-24(28)2)39-17-10-13-30(39)41)23-31(42)35(6)38-20-25-11-8-9-12-26(25)21-38/h8-9,11-12,14-15,19H,7,10,13,16-18,20-23H2,1-6H3,(H,34,40). The van der Waals surface area contributed by atoms with Crippen molar-refractivity contribution in [3.63, 3.8) is 0 Å². The van der Waals surface area contributed by atoms with Crippen LogP contribution in [0.5, 0.6) is 0 Å². The van der Waals surface area contributed by atoms with Gasteiger partial charge in [0, 0.05) is 64.1 Å². The first-order valence-electron chi connectivity index (χ1n) is 15.3. The molecule has 2 aliphatic rings. The van der Waals surface area contributed by atoms with Gasteiger partial charge in [-0.3, -0.25) is 19.4 Å². The summed E-state index contributed by atoms with van der Waals surface area (Å²) in [6.45, 7) is 12.1. The topological polar surface area (TPSA) is 106 Å². The monoisotopic (exact) mass is 606 g/mol. The molecule has 0 aromatic heterocycles. The Balaban J connectivity index is 1.45. The molecule has 11 nitrogen and oxygen atoms in total. The van der Waals surface area contributed by atoms with Crippen molar-refractivity contribution < 1.29 is 23.9 Å². The van der Waals surface area contributed by atoms with Crippen molar-refractivity contribution in [2.45, 2.75) is 66.2 Å². The molecule has 1 N–H and O–H groups in total. The molecular formula is C33H46N6O5. The molecule has 0 aliphatic carbocycles. The van der Waals surface area contributed by atoms with Crippen LogP contribution in [0.4, 0.5) is 16.2 Å². The fourth-order valence-electron chi connectivity index (χ4n) is 5.52. The number of rotatable bonds is 11. The van der Waals surface area contributed by atoms with Gasteiger partial charge in [-0.25, -0.2) is 9.80 Å². The zero-order valence-corrected chi connectivity index (χ0v) is 26.9. The molecule has 11 heteroatoms. The van der Waals surface area contributed by atoms with Crippen molar-refractivity contribution in [2.75, 3.05) is 56.1 Å². The number of anilines is 2. The highest BCUT2D eigenvalue weighted by atomic mass is 16.6. The minimum atomic E-state index is -0.610. The fraction of sp³-hybridized carbons (Fsp3) is 0.515. The molecule has 2 aromatic rings. The highest BCUT2D eigenvalue weighted by Crippen LogP contribution is 2.29. The number of ether oxygens (including phenoxy) is 1. The molecule has 0 radical (unpaired) electrons. The second-order valence-electron chi connectivity index (χ2n) is 12.4. The Morgan fingerprint density at radius 2 is 1.70 bits per heavy atom. The minimum Gasteiger partial charge on any atom is -0.444 e. The predicted molar refractivity (Wildman–Crippen MR) is 170 cm³/mol. The van der Waals surface area contributed by atoms with Crippen molar-refractivity contribution in [3.8, 4) is 0 Å². The number of hydrogen-bond acceptors (Lipinski definition) is 7. The van der Waals surface area contributed by atoms with E-state index in [2.05, 4.69) is 17.4 Å². The molecule has 4 rings (SSSR count). The number of nitrogens with zero attached hydrogens (tertiary/aromatic N) is 5. The van der Waals surface area contributed by atoms with Gasteiger partial charge in [-0.05, 0) is 75.9 Å². The Labute approximate surface area is 260 Å². The van der Waals surface area contributed by atoms with E-state index >= 15 is 0 Å². The molecule has 0 bridgehead atoms. The lowest BCUT2D eigenvalue weighted by molar-refractivity contribution is -0.145. The van der Waals surface area contributed by atoms with E-state index in [0.29, 0.717) is 39.1 Å². The van der Waals surface area contributed by atoms with Gasteiger partial charge in [0.25, 0.3) is 5.91 Å². The lowest BCUT2D eigenvalue weighted by Gasteiger charge is -2.32. The number of amides is 4. The van der Waals surface area contributed by atoms with E-state index in [9.17, 15) is 19.2 Å². The van der Waals surface area contributed by atoms with Gasteiger partial charge in [0.15, 0.2) is 0 Å². The van der Waals surface area contributed by atoms with E-state index in [1.165, 1.54) is 11.1 Å². The maximum Gasteiger partial charge on any atom is 0.410 e. The van der Waals surface area contributed by atoms with Gasteiger partial charge in [-0.15, -0.1) is 0 Å². The molecule has 238 valence electrons. The zero-order valence-electron chi connectivity index (χ0n) is 26.9. The van der Waals surface area contributed by atoms with E-state index in [0.717, 1.165) is 23.4 Å². The summed E-state index contributed by atoms with van der Waals surface area (Å²) >= 11 is 0. The lowest BCUT2D eigenvalue weighted by atomic mass is 10.1. The van der Waals surface area contributed by atoms with Gasteiger partial charge < -0.3 is 24.8 Å². The third-order valence-electron chi connectivity index (χ3n) is 7.91. The van der Waals surface area contributed by atoms with Crippen molar-refractivity contribution >= 4 is 35.2 Å². The van der Waals surface area contributed by atoms with E-state index in [-0.39, 0.29) is 37.4 Å². The van der Waals surface area contributed by atoms with Crippen LogP contribution in [0.15, 0.2) is 42.5 Å². The number of hydrogen-bond donors (Lipinski definition) is 1. The highest BCUT2D eigenvalue weighted by molar-refractivity contribution is 5.96. The third-order valence-corrected chi connectivity index (χ3v) is 7.91. The Morgan fingerprint density at radius 3 is 2.27 bits per heavy atom. The maximum absolute atomic E-state index is 13.6. The molecule has 0 atom stereocenters. The van der Waals surface area contributed by atoms with Crippen molar-refractivity contribution in [1.29, 1.82) is 0 Å². The molecule has 0 spiro atoms. The number of carbonyl (C=O) groups is 4. The van der Waals surface area contributed by atoms with E-state index in [1.54, 1.807) is 26.8 Å². The number of nitrogens with one attached hydrogen (secondary N) is 1. The molecule has 1 fully saturated rings. The molecule has 1 saturated heterocycles. The summed E-state index contributed by atoms with van der Waals surface area (Å²) in [7, 11) is 1.76. The Bertz CT molecular complexity index is 1350. The van der Waals surface area contributed by atoms with Gasteiger partial charge in [-0.2, -0.15) is 0 Å². The summed E-state index contributed by atoms with van der Waals surface area (Å²) in [5.74, 6) is -0.317. The van der Waals surface area contributed by atoms with E-state index in [4.69, 9.17) is 4.74 Å². The smallest absolute Gasteiger partial charge is 0.410 e. The summed E-state index contributed by atoms with van der Waals surface area (Å²) in [4.78, 5) is 56.7. The number of carbonyl (C=O) groups excluding carboxylic acids is 4. The van der Waals surface area contributed by atoms with Crippen LogP contribution in [0.1, 0.15) is 57.2 Å². The molecule has 2 heterocycles. The largest absolute Gasteiger partial charge is 0.444 e. The van der Waals surface area contributed by atoms with Crippen LogP contribution in [0, 0.1) is 6.92 Å². The van der Waals surface area contributed by atoms with Crippen LogP contribution in [0.2, 0.25) is 0 Å². The fourth-order valence-corrected chi connectivity index (χ4v) is 5.52. The van der Waals surface area contributed by atoms with Gasteiger partial charge in [0.05, 0.1) is 13.1 Å². The van der Waals surface area contributed by atoms with Gasteiger partial charge in [-0.1, -0.05) is 24.3 Å². The first kappa shape index (κ1) is 32.8. The SMILES string of the molecule is CCN(CCNC(=O)CN(CC(=O)N(C)N1Cc2ccccc2C1)c1ccc(N2CCCC2=O)cc1C)C(=O)OC(C)(C)C. The van der Waals surface area contributed by atoms with E-state index in [1.807, 2.05) is 70.0 Å². The van der Waals surface area contributed by atoms with Crippen LogP contribution in [-0.2, 0) is 32.2 Å². The second-order valence-corrected chi connectivity index (χ2v) is 12.4. The molecule has 2 aliphatic heterocycles. The van der Waals surface area contributed by atoms with Crippen molar-refractivity contribution in [1.82, 2.24) is 20.2 Å². The Kier molecular flexibility index (Phi) is 10.5. The number of likely N-dealkylation sites (N-methyl/N-ethyl adjacent to an activating group) is 2. The first-order chi connectivity index (χ1) is 20.9. The first-order valence-corrected chi connectivity index (χ1v) is 15.3. The number of benzene rings is 2. The Morgan fingerprint density at radius 1 is 1.02 bits per heavy atom. The summed E-state index contributed by atoms with van der Waals surface area (Å²) < 4.78 is 5.46. The Hall–Kier alpha value is -4.12. The van der Waals surface area contributed by atoms with Gasteiger partial charge in [0.1, 0.15) is 5.60 Å². The average molecular weight is 607 g/mol. The van der Waals surface area contributed by atoms with Crippen LogP contribution in [0.25, 0.3) is 0 Å². The third kappa shape index (κ3) is 8.28. The highest BCUT2D eigenvalue weighted by Gasteiger charge is 2.28. The summed E-state index contributed by atoms with van der Waals surface area (Å²) in [6.07, 6.45) is 0.939. The van der Waals surface area contributed by atoms with Gasteiger partial charge in [0.2, 0.25) is 11.8 Å². The molecule has 4 amide bonds. The van der Waals surface area contributed by atoms with Crippen molar-refractivity contribution in [2.24, 2.45) is 0 Å². The van der Waals surface area contributed by atoms with Gasteiger partial charge >= 0.3 is 6.09 Å². The summed E-state index contributed by atoms with van der Waals surface area (Å²) in [6, 6.07) is 13.8. The average Bonchev–Trinajstić information content (AvgIpc) is 3.59. The summed E-state index contributed by atoms with van der Waals surface area (Å²) in [5, 5.41) is 6.53. The second kappa shape index (κ2) is 14.1. The zero-order chi connectivity index (χ0) is 32.0. The normalized spacial score (nSPS) is 14.8. The summed E-state index contributed by atoms with van der Waals surface area (Å²) in [5.41, 5.74) is 4.20. The quantitative estimate of drug-likeness (QED) is 0.416. The molecule has 0 unspecified atom stereocenters. The molecular weight excluding hydrogens is 560 g/mol. The minimum absolute atomic E-state index is 0.0153. The van der Waals surface area contributed by atoms with Crippen LogP contribution < -0.4 is 15.1 Å². The predicted octanol–water partition coefficient (Wildman–Crippen LogP) is 3.69. The van der Waals surface area contributed by atoms with Crippen molar-refractivity contribution in [3.05, 3.63) is 59.2 Å². The number of aryl methyl sites for hydroxylation is 1. The molecule has 44 heavy (non-hydrogen) atoms. The molecule has 0 saturated carbocycles.